The standard InChI is InChI=1S/C17H19N3O2/c1-12(16-9-8-15(21)10-17(16)22)19-18-11-13-4-6-14(7-5-13)20(2)3/h4-11,21-22H,1-3H3. The fraction of sp³-hybridized carbons (Fsp3) is 0.176. The lowest BCUT2D eigenvalue weighted by atomic mass is 10.1. The molecule has 0 saturated heterocycles. The number of phenolic OH excluding ortho intramolecular Hbond substituents is 2. The van der Waals surface area contributed by atoms with Crippen molar-refractivity contribution in [1.29, 1.82) is 0 Å². The molecule has 0 aromatic heterocycles. The van der Waals surface area contributed by atoms with Gasteiger partial charge in [-0.25, -0.2) is 0 Å². The highest BCUT2D eigenvalue weighted by molar-refractivity contribution is 6.01. The van der Waals surface area contributed by atoms with Gasteiger partial charge in [0, 0.05) is 31.4 Å². The molecule has 0 saturated carbocycles. The molecular formula is C17H19N3O2. The van der Waals surface area contributed by atoms with Gasteiger partial charge in [-0.3, -0.25) is 0 Å². The molecule has 0 aliphatic carbocycles. The molecule has 5 nitrogen and oxygen atoms in total. The number of anilines is 1. The second-order valence-electron chi connectivity index (χ2n) is 5.12. The summed E-state index contributed by atoms with van der Waals surface area (Å²) < 4.78 is 0. The van der Waals surface area contributed by atoms with E-state index in [1.54, 1.807) is 19.2 Å². The minimum absolute atomic E-state index is 0.0125. The lowest BCUT2D eigenvalue weighted by Gasteiger charge is -2.11. The second-order valence-corrected chi connectivity index (χ2v) is 5.12. The van der Waals surface area contributed by atoms with Crippen molar-refractivity contribution in [3.05, 3.63) is 53.6 Å². The van der Waals surface area contributed by atoms with Crippen molar-refractivity contribution in [1.82, 2.24) is 0 Å². The summed E-state index contributed by atoms with van der Waals surface area (Å²) in [4.78, 5) is 2.02. The molecule has 0 unspecified atom stereocenters. The molecule has 0 bridgehead atoms. The summed E-state index contributed by atoms with van der Waals surface area (Å²) in [6, 6.07) is 12.3. The third kappa shape index (κ3) is 3.85. The number of nitrogens with zero attached hydrogens (tertiary/aromatic N) is 3. The van der Waals surface area contributed by atoms with Gasteiger partial charge in [-0.2, -0.15) is 10.2 Å². The first kappa shape index (κ1) is 15.6. The van der Waals surface area contributed by atoms with Crippen molar-refractivity contribution in [3.63, 3.8) is 0 Å². The molecule has 0 fully saturated rings. The molecule has 22 heavy (non-hydrogen) atoms. The smallest absolute Gasteiger partial charge is 0.128 e. The van der Waals surface area contributed by atoms with Crippen molar-refractivity contribution >= 4 is 17.6 Å². The first-order valence-electron chi connectivity index (χ1n) is 6.85. The normalized spacial score (nSPS) is 11.9. The topological polar surface area (TPSA) is 68.4 Å². The Hall–Kier alpha value is -2.82. The van der Waals surface area contributed by atoms with Crippen LogP contribution in [0.3, 0.4) is 0 Å². The summed E-state index contributed by atoms with van der Waals surface area (Å²) in [6.07, 6.45) is 1.65. The third-order valence-electron chi connectivity index (χ3n) is 3.20. The maximum Gasteiger partial charge on any atom is 0.128 e. The SMILES string of the molecule is CC(=NN=Cc1ccc(N(C)C)cc1)c1ccc(O)cc1O. The molecule has 0 spiro atoms. The average Bonchev–Trinajstić information content (AvgIpc) is 2.47. The Morgan fingerprint density at radius 3 is 2.32 bits per heavy atom. The van der Waals surface area contributed by atoms with Crippen molar-refractivity contribution in [2.45, 2.75) is 6.92 Å². The third-order valence-corrected chi connectivity index (χ3v) is 3.20. The van der Waals surface area contributed by atoms with Gasteiger partial charge >= 0.3 is 0 Å². The van der Waals surface area contributed by atoms with Crippen LogP contribution in [0.5, 0.6) is 11.5 Å². The zero-order chi connectivity index (χ0) is 16.1. The van der Waals surface area contributed by atoms with E-state index in [1.807, 2.05) is 43.3 Å². The van der Waals surface area contributed by atoms with E-state index in [1.165, 1.54) is 12.1 Å². The Balaban J connectivity index is 2.12. The summed E-state index contributed by atoms with van der Waals surface area (Å²) in [6.45, 7) is 1.75. The largest absolute Gasteiger partial charge is 0.508 e. The van der Waals surface area contributed by atoms with Gasteiger partial charge in [0.25, 0.3) is 0 Å². The van der Waals surface area contributed by atoms with Crippen LogP contribution in [0.4, 0.5) is 5.69 Å². The van der Waals surface area contributed by atoms with E-state index >= 15 is 0 Å². The summed E-state index contributed by atoms with van der Waals surface area (Å²) >= 11 is 0. The molecule has 0 aliphatic heterocycles. The molecule has 0 amide bonds. The number of hydrogen-bond acceptors (Lipinski definition) is 5. The van der Waals surface area contributed by atoms with Crippen LogP contribution in [0.1, 0.15) is 18.1 Å². The van der Waals surface area contributed by atoms with Crippen LogP contribution >= 0.6 is 0 Å². The summed E-state index contributed by atoms with van der Waals surface area (Å²) in [5, 5.41) is 27.1. The highest BCUT2D eigenvalue weighted by Gasteiger charge is 2.05. The number of phenols is 2. The van der Waals surface area contributed by atoms with Crippen LogP contribution in [0.15, 0.2) is 52.7 Å². The zero-order valence-electron chi connectivity index (χ0n) is 12.9. The molecule has 0 heterocycles. The first-order valence-corrected chi connectivity index (χ1v) is 6.85. The summed E-state index contributed by atoms with van der Waals surface area (Å²) in [5.74, 6) is -0.00896. The van der Waals surface area contributed by atoms with Crippen molar-refractivity contribution < 1.29 is 10.2 Å². The highest BCUT2D eigenvalue weighted by Crippen LogP contribution is 2.23. The number of rotatable bonds is 4. The molecule has 0 atom stereocenters. The number of aromatic hydroxyl groups is 2. The minimum atomic E-state index is -0.0215. The van der Waals surface area contributed by atoms with Gasteiger partial charge in [-0.1, -0.05) is 12.1 Å². The molecule has 2 rings (SSSR count). The maximum absolute atomic E-state index is 9.76. The van der Waals surface area contributed by atoms with Gasteiger partial charge in [-0.05, 0) is 36.8 Å². The van der Waals surface area contributed by atoms with Crippen molar-refractivity contribution in [3.8, 4) is 11.5 Å². The molecule has 2 aromatic rings. The van der Waals surface area contributed by atoms with Crippen LogP contribution in [0.25, 0.3) is 0 Å². The Labute approximate surface area is 129 Å². The van der Waals surface area contributed by atoms with Crippen LogP contribution in [0, 0.1) is 0 Å². The van der Waals surface area contributed by atoms with Crippen LogP contribution < -0.4 is 4.90 Å². The van der Waals surface area contributed by atoms with Gasteiger partial charge in [0.15, 0.2) is 0 Å². The van der Waals surface area contributed by atoms with E-state index in [2.05, 4.69) is 10.2 Å². The Morgan fingerprint density at radius 2 is 1.73 bits per heavy atom. The molecule has 0 radical (unpaired) electrons. The highest BCUT2D eigenvalue weighted by atomic mass is 16.3. The average molecular weight is 297 g/mol. The van der Waals surface area contributed by atoms with Gasteiger partial charge in [0.05, 0.1) is 11.9 Å². The fourth-order valence-electron chi connectivity index (χ4n) is 1.92. The van der Waals surface area contributed by atoms with Crippen LogP contribution in [-0.2, 0) is 0 Å². The van der Waals surface area contributed by atoms with E-state index in [-0.39, 0.29) is 11.5 Å². The van der Waals surface area contributed by atoms with E-state index in [4.69, 9.17) is 0 Å². The quantitative estimate of drug-likeness (QED) is 0.673. The minimum Gasteiger partial charge on any atom is -0.508 e. The summed E-state index contributed by atoms with van der Waals surface area (Å²) in [7, 11) is 3.97. The van der Waals surface area contributed by atoms with Gasteiger partial charge in [-0.15, -0.1) is 0 Å². The first-order chi connectivity index (χ1) is 10.5. The van der Waals surface area contributed by atoms with Gasteiger partial charge in [0.2, 0.25) is 0 Å². The maximum atomic E-state index is 9.76. The molecule has 114 valence electrons. The van der Waals surface area contributed by atoms with E-state index < -0.39 is 0 Å². The molecule has 0 aliphatic rings. The summed E-state index contributed by atoms with van der Waals surface area (Å²) in [5.41, 5.74) is 3.17. The van der Waals surface area contributed by atoms with Crippen LogP contribution in [0.2, 0.25) is 0 Å². The molecule has 2 N–H and O–H groups in total. The predicted octanol–water partition coefficient (Wildman–Crippen LogP) is 3.01. The second kappa shape index (κ2) is 6.76. The molecule has 5 heteroatoms. The van der Waals surface area contributed by atoms with E-state index in [0.717, 1.165) is 11.3 Å². The Morgan fingerprint density at radius 1 is 1.05 bits per heavy atom. The zero-order valence-corrected chi connectivity index (χ0v) is 12.9. The molecular weight excluding hydrogens is 278 g/mol. The fourth-order valence-corrected chi connectivity index (χ4v) is 1.92. The Kier molecular flexibility index (Phi) is 4.78. The Bertz CT molecular complexity index is 704. The van der Waals surface area contributed by atoms with Crippen molar-refractivity contribution in [2.24, 2.45) is 10.2 Å². The lowest BCUT2D eigenvalue weighted by Crippen LogP contribution is -2.08. The van der Waals surface area contributed by atoms with Crippen molar-refractivity contribution in [2.75, 3.05) is 19.0 Å². The number of hydrogen-bond donors (Lipinski definition) is 2. The van der Waals surface area contributed by atoms with Gasteiger partial charge in [0.1, 0.15) is 11.5 Å². The predicted molar refractivity (Wildman–Crippen MR) is 90.3 cm³/mol. The molecule has 2 aromatic carbocycles. The monoisotopic (exact) mass is 297 g/mol. The van der Waals surface area contributed by atoms with Crippen LogP contribution in [-0.4, -0.2) is 36.2 Å². The van der Waals surface area contributed by atoms with E-state index in [9.17, 15) is 10.2 Å². The van der Waals surface area contributed by atoms with E-state index in [0.29, 0.717) is 11.3 Å². The number of benzene rings is 2. The van der Waals surface area contributed by atoms with Gasteiger partial charge < -0.3 is 15.1 Å². The lowest BCUT2D eigenvalue weighted by molar-refractivity contribution is 0.450.